The summed E-state index contributed by atoms with van der Waals surface area (Å²) in [5, 5.41) is 3.25. The zero-order valence-corrected chi connectivity index (χ0v) is 18.5. The van der Waals surface area contributed by atoms with Crippen LogP contribution in [-0.4, -0.2) is 71.6 Å². The van der Waals surface area contributed by atoms with Gasteiger partial charge in [0.2, 0.25) is 5.91 Å². The predicted molar refractivity (Wildman–Crippen MR) is 116 cm³/mol. The van der Waals surface area contributed by atoms with Crippen molar-refractivity contribution in [2.75, 3.05) is 18.4 Å². The summed E-state index contributed by atoms with van der Waals surface area (Å²) in [6.07, 6.45) is 5.03. The maximum atomic E-state index is 13.0. The number of aryl methyl sites for hydroxylation is 2. The van der Waals surface area contributed by atoms with E-state index in [1.165, 1.54) is 6.33 Å². The number of anilines is 1. The van der Waals surface area contributed by atoms with Crippen LogP contribution in [0.1, 0.15) is 33.5 Å². The molecule has 4 heterocycles. The molecule has 1 fully saturated rings. The summed E-state index contributed by atoms with van der Waals surface area (Å²) in [6, 6.07) is -0.464. The first-order chi connectivity index (χ1) is 14.9. The Kier molecular flexibility index (Phi) is 5.81. The van der Waals surface area contributed by atoms with E-state index in [9.17, 15) is 4.79 Å². The van der Waals surface area contributed by atoms with Crippen molar-refractivity contribution in [2.24, 2.45) is 0 Å². The van der Waals surface area contributed by atoms with E-state index < -0.39 is 6.04 Å². The number of nitrogens with one attached hydrogen (secondary N) is 1. The Balaban J connectivity index is 1.63. The van der Waals surface area contributed by atoms with Crippen LogP contribution in [0.2, 0.25) is 0 Å². The standard InChI is InChI=1S/C21H28N8O2/c1-6-29-19(16-7-22-15(5)23-8-16)27-17-18(24-11-25-20(17)29)26-14(4)21(30)28-9-12(2)31-13(3)10-28/h7-8,11-14H,6,9-10H2,1-5H3,(H,24,25,26)/t12?,13?,14-/m1/s1. The van der Waals surface area contributed by atoms with Crippen molar-refractivity contribution >= 4 is 22.9 Å². The lowest BCUT2D eigenvalue weighted by Gasteiger charge is -2.36. The Bertz CT molecular complexity index is 1070. The molecule has 164 valence electrons. The third kappa shape index (κ3) is 4.20. The quantitative estimate of drug-likeness (QED) is 0.662. The van der Waals surface area contributed by atoms with Crippen LogP contribution in [0.4, 0.5) is 5.82 Å². The van der Waals surface area contributed by atoms with Crippen molar-refractivity contribution < 1.29 is 9.53 Å². The van der Waals surface area contributed by atoms with Crippen LogP contribution in [0.5, 0.6) is 0 Å². The van der Waals surface area contributed by atoms with Gasteiger partial charge in [-0.05, 0) is 34.6 Å². The molecule has 3 atom stereocenters. The van der Waals surface area contributed by atoms with Gasteiger partial charge >= 0.3 is 0 Å². The number of aromatic nitrogens is 6. The average Bonchev–Trinajstić information content (AvgIpc) is 3.12. The number of nitrogens with zero attached hydrogens (tertiary/aromatic N) is 7. The molecule has 31 heavy (non-hydrogen) atoms. The monoisotopic (exact) mass is 424 g/mol. The molecule has 3 aromatic heterocycles. The molecule has 4 rings (SSSR count). The van der Waals surface area contributed by atoms with Crippen LogP contribution in [0, 0.1) is 6.92 Å². The van der Waals surface area contributed by atoms with E-state index in [-0.39, 0.29) is 18.1 Å². The van der Waals surface area contributed by atoms with Crippen molar-refractivity contribution in [1.82, 2.24) is 34.4 Å². The molecule has 1 aliphatic heterocycles. The second-order valence-corrected chi connectivity index (χ2v) is 7.96. The molecule has 0 saturated carbocycles. The minimum Gasteiger partial charge on any atom is -0.372 e. The molecule has 2 unspecified atom stereocenters. The van der Waals surface area contributed by atoms with Gasteiger partial charge in [-0.25, -0.2) is 24.9 Å². The van der Waals surface area contributed by atoms with E-state index >= 15 is 0 Å². The van der Waals surface area contributed by atoms with E-state index in [2.05, 4.69) is 25.3 Å². The van der Waals surface area contributed by atoms with Gasteiger partial charge in [0.05, 0.1) is 17.8 Å². The second-order valence-electron chi connectivity index (χ2n) is 7.96. The van der Waals surface area contributed by atoms with Crippen molar-refractivity contribution in [3.63, 3.8) is 0 Å². The number of imidazole rings is 1. The van der Waals surface area contributed by atoms with Gasteiger partial charge in [-0.2, -0.15) is 0 Å². The number of fused-ring (bicyclic) bond motifs is 1. The van der Waals surface area contributed by atoms with Crippen molar-refractivity contribution in [3.8, 4) is 11.4 Å². The SMILES string of the molecule is CCn1c(-c2cnc(C)nc2)nc2c(N[C@H](C)C(=O)N3CC(C)OC(C)C3)ncnc21. The summed E-state index contributed by atoms with van der Waals surface area (Å²) in [5.41, 5.74) is 2.11. The minimum absolute atomic E-state index is 0.0100. The summed E-state index contributed by atoms with van der Waals surface area (Å²) >= 11 is 0. The van der Waals surface area contributed by atoms with Crippen molar-refractivity contribution in [3.05, 3.63) is 24.5 Å². The van der Waals surface area contributed by atoms with Crippen LogP contribution in [-0.2, 0) is 16.1 Å². The first kappa shape index (κ1) is 21.1. The molecule has 0 spiro atoms. The van der Waals surface area contributed by atoms with Gasteiger partial charge in [0.1, 0.15) is 24.0 Å². The maximum absolute atomic E-state index is 13.0. The number of hydrogen-bond acceptors (Lipinski definition) is 8. The highest BCUT2D eigenvalue weighted by molar-refractivity contribution is 5.90. The van der Waals surface area contributed by atoms with Crippen molar-refractivity contribution in [1.29, 1.82) is 0 Å². The lowest BCUT2D eigenvalue weighted by Crippen LogP contribution is -2.52. The van der Waals surface area contributed by atoms with Gasteiger partial charge in [0.25, 0.3) is 0 Å². The van der Waals surface area contributed by atoms with Gasteiger partial charge in [0, 0.05) is 32.0 Å². The smallest absolute Gasteiger partial charge is 0.244 e. The van der Waals surface area contributed by atoms with E-state index in [0.717, 1.165) is 11.4 Å². The Labute approximate surface area is 181 Å². The number of rotatable bonds is 5. The highest BCUT2D eigenvalue weighted by atomic mass is 16.5. The lowest BCUT2D eigenvalue weighted by atomic mass is 10.2. The van der Waals surface area contributed by atoms with Gasteiger partial charge in [0.15, 0.2) is 17.0 Å². The van der Waals surface area contributed by atoms with Crippen LogP contribution >= 0.6 is 0 Å². The number of ether oxygens (including phenoxy) is 1. The Hall–Kier alpha value is -3.14. The third-order valence-electron chi connectivity index (χ3n) is 5.34. The maximum Gasteiger partial charge on any atom is 0.244 e. The topological polar surface area (TPSA) is 111 Å². The zero-order chi connectivity index (χ0) is 22.1. The van der Waals surface area contributed by atoms with Crippen LogP contribution < -0.4 is 5.32 Å². The van der Waals surface area contributed by atoms with Gasteiger partial charge < -0.3 is 19.5 Å². The number of carbonyl (C=O) groups excluding carboxylic acids is 1. The second kappa shape index (κ2) is 8.54. The zero-order valence-electron chi connectivity index (χ0n) is 18.5. The Morgan fingerprint density at radius 2 is 1.87 bits per heavy atom. The Morgan fingerprint density at radius 1 is 1.19 bits per heavy atom. The fourth-order valence-corrected chi connectivity index (χ4v) is 3.97. The molecule has 0 bridgehead atoms. The normalized spacial score (nSPS) is 20.1. The molecule has 10 nitrogen and oxygen atoms in total. The predicted octanol–water partition coefficient (Wildman–Crippen LogP) is 2.05. The summed E-state index contributed by atoms with van der Waals surface area (Å²) in [4.78, 5) is 37.0. The van der Waals surface area contributed by atoms with Crippen molar-refractivity contribution in [2.45, 2.75) is 59.4 Å². The molecule has 1 amide bonds. The summed E-state index contributed by atoms with van der Waals surface area (Å²) < 4.78 is 7.74. The van der Waals surface area contributed by atoms with Crippen LogP contribution in [0.15, 0.2) is 18.7 Å². The fraction of sp³-hybridized carbons (Fsp3) is 0.524. The van der Waals surface area contributed by atoms with E-state index in [1.807, 2.05) is 44.1 Å². The molecule has 0 aliphatic carbocycles. The lowest BCUT2D eigenvalue weighted by molar-refractivity contribution is -0.143. The fourth-order valence-electron chi connectivity index (χ4n) is 3.97. The molecule has 0 aromatic carbocycles. The molecule has 3 aromatic rings. The molecule has 1 N–H and O–H groups in total. The number of amides is 1. The molecule has 1 aliphatic rings. The molecule has 1 saturated heterocycles. The van der Waals surface area contributed by atoms with E-state index in [1.54, 1.807) is 12.4 Å². The highest BCUT2D eigenvalue weighted by Crippen LogP contribution is 2.26. The summed E-state index contributed by atoms with van der Waals surface area (Å²) in [5.74, 6) is 1.96. The molecule has 0 radical (unpaired) electrons. The highest BCUT2D eigenvalue weighted by Gasteiger charge is 2.29. The minimum atomic E-state index is -0.464. The van der Waals surface area contributed by atoms with Gasteiger partial charge in [-0.15, -0.1) is 0 Å². The average molecular weight is 425 g/mol. The molecular weight excluding hydrogens is 396 g/mol. The Morgan fingerprint density at radius 3 is 2.52 bits per heavy atom. The number of morpholine rings is 1. The number of carbonyl (C=O) groups is 1. The third-order valence-corrected chi connectivity index (χ3v) is 5.34. The van der Waals surface area contributed by atoms with E-state index in [0.29, 0.717) is 42.4 Å². The first-order valence-electron chi connectivity index (χ1n) is 10.6. The van der Waals surface area contributed by atoms with Gasteiger partial charge in [-0.1, -0.05) is 0 Å². The largest absolute Gasteiger partial charge is 0.372 e. The first-order valence-corrected chi connectivity index (χ1v) is 10.6. The van der Waals surface area contributed by atoms with Gasteiger partial charge in [-0.3, -0.25) is 4.79 Å². The van der Waals surface area contributed by atoms with Crippen LogP contribution in [0.3, 0.4) is 0 Å². The number of hydrogen-bond donors (Lipinski definition) is 1. The molecular formula is C21H28N8O2. The van der Waals surface area contributed by atoms with Crippen LogP contribution in [0.25, 0.3) is 22.6 Å². The summed E-state index contributed by atoms with van der Waals surface area (Å²) in [7, 11) is 0. The molecule has 10 heteroatoms. The summed E-state index contributed by atoms with van der Waals surface area (Å²) in [6.45, 7) is 11.5. The van der Waals surface area contributed by atoms with E-state index in [4.69, 9.17) is 9.72 Å².